The minimum absolute atomic E-state index is 0.0216. The van der Waals surface area contributed by atoms with Crippen LogP contribution in [0.15, 0.2) is 17.1 Å². The predicted molar refractivity (Wildman–Crippen MR) is 75.9 cm³/mol. The van der Waals surface area contributed by atoms with E-state index in [9.17, 15) is 4.79 Å². The van der Waals surface area contributed by atoms with Crippen molar-refractivity contribution < 1.29 is 0 Å². The SMILES string of the molecule is CCCNc1cnn(CC(C)CC(C)C)c(=O)c1. The molecule has 0 spiro atoms. The van der Waals surface area contributed by atoms with Crippen LogP contribution in [0, 0.1) is 11.8 Å². The Morgan fingerprint density at radius 3 is 2.67 bits per heavy atom. The quantitative estimate of drug-likeness (QED) is 0.810. The smallest absolute Gasteiger partial charge is 0.268 e. The highest BCUT2D eigenvalue weighted by molar-refractivity contribution is 5.38. The molecule has 0 aliphatic rings. The molecule has 1 aromatic rings. The number of hydrogen-bond donors (Lipinski definition) is 1. The van der Waals surface area contributed by atoms with Crippen LogP contribution in [-0.4, -0.2) is 16.3 Å². The Kier molecular flexibility index (Phi) is 5.89. The maximum absolute atomic E-state index is 11.9. The second-order valence-electron chi connectivity index (χ2n) is 5.43. The Bertz CT molecular complexity index is 412. The van der Waals surface area contributed by atoms with Gasteiger partial charge in [0.1, 0.15) is 0 Å². The molecular formula is C14H25N3O. The van der Waals surface area contributed by atoms with E-state index in [1.54, 1.807) is 16.9 Å². The molecular weight excluding hydrogens is 226 g/mol. The molecule has 1 N–H and O–H groups in total. The average Bonchev–Trinajstić information content (AvgIpc) is 2.28. The highest BCUT2D eigenvalue weighted by atomic mass is 16.1. The molecule has 102 valence electrons. The lowest BCUT2D eigenvalue weighted by Crippen LogP contribution is -2.26. The summed E-state index contributed by atoms with van der Waals surface area (Å²) in [4.78, 5) is 11.9. The van der Waals surface area contributed by atoms with Gasteiger partial charge >= 0.3 is 0 Å². The van der Waals surface area contributed by atoms with Gasteiger partial charge in [0.15, 0.2) is 0 Å². The van der Waals surface area contributed by atoms with Gasteiger partial charge in [-0.1, -0.05) is 27.7 Å². The second-order valence-corrected chi connectivity index (χ2v) is 5.43. The van der Waals surface area contributed by atoms with Crippen molar-refractivity contribution >= 4 is 5.69 Å². The first-order valence-corrected chi connectivity index (χ1v) is 6.84. The largest absolute Gasteiger partial charge is 0.384 e. The fourth-order valence-corrected chi connectivity index (χ4v) is 2.11. The van der Waals surface area contributed by atoms with Gasteiger partial charge in [-0.2, -0.15) is 5.10 Å². The summed E-state index contributed by atoms with van der Waals surface area (Å²) in [5.41, 5.74) is 0.793. The van der Waals surface area contributed by atoms with Gasteiger partial charge in [-0.3, -0.25) is 4.79 Å². The molecule has 0 bridgehead atoms. The monoisotopic (exact) mass is 251 g/mol. The topological polar surface area (TPSA) is 46.9 Å². The zero-order valence-electron chi connectivity index (χ0n) is 11.9. The number of hydrogen-bond acceptors (Lipinski definition) is 3. The molecule has 1 rings (SSSR count). The third-order valence-corrected chi connectivity index (χ3v) is 2.81. The summed E-state index contributed by atoms with van der Waals surface area (Å²) in [6, 6.07) is 1.63. The van der Waals surface area contributed by atoms with Gasteiger partial charge in [-0.05, 0) is 24.7 Å². The first kappa shape index (κ1) is 14.7. The van der Waals surface area contributed by atoms with Gasteiger partial charge in [0.25, 0.3) is 5.56 Å². The average molecular weight is 251 g/mol. The minimum Gasteiger partial charge on any atom is -0.384 e. The van der Waals surface area contributed by atoms with E-state index < -0.39 is 0 Å². The maximum Gasteiger partial charge on any atom is 0.268 e. The third-order valence-electron chi connectivity index (χ3n) is 2.81. The molecule has 18 heavy (non-hydrogen) atoms. The molecule has 0 radical (unpaired) electrons. The van der Waals surface area contributed by atoms with E-state index in [4.69, 9.17) is 0 Å². The lowest BCUT2D eigenvalue weighted by Gasteiger charge is -2.14. The first-order chi connectivity index (χ1) is 8.52. The molecule has 1 unspecified atom stereocenters. The first-order valence-electron chi connectivity index (χ1n) is 6.84. The number of nitrogens with zero attached hydrogens (tertiary/aromatic N) is 2. The Morgan fingerprint density at radius 2 is 2.11 bits per heavy atom. The number of nitrogens with one attached hydrogen (secondary N) is 1. The zero-order chi connectivity index (χ0) is 13.5. The summed E-state index contributed by atoms with van der Waals surface area (Å²) in [5.74, 6) is 1.13. The number of anilines is 1. The fourth-order valence-electron chi connectivity index (χ4n) is 2.11. The van der Waals surface area contributed by atoms with Crippen LogP contribution in [0.1, 0.15) is 40.5 Å². The molecule has 4 nitrogen and oxygen atoms in total. The fraction of sp³-hybridized carbons (Fsp3) is 0.714. The van der Waals surface area contributed by atoms with Crippen LogP contribution in [0.4, 0.5) is 5.69 Å². The van der Waals surface area contributed by atoms with Crippen LogP contribution in [-0.2, 0) is 6.54 Å². The van der Waals surface area contributed by atoms with E-state index in [0.717, 1.165) is 25.1 Å². The molecule has 0 aliphatic heterocycles. The second kappa shape index (κ2) is 7.19. The Hall–Kier alpha value is -1.32. The summed E-state index contributed by atoms with van der Waals surface area (Å²) in [6.45, 7) is 10.2. The Balaban J connectivity index is 2.65. The van der Waals surface area contributed by atoms with E-state index in [-0.39, 0.29) is 5.56 Å². The Morgan fingerprint density at radius 1 is 1.39 bits per heavy atom. The van der Waals surface area contributed by atoms with Crippen molar-refractivity contribution in [1.29, 1.82) is 0 Å². The summed E-state index contributed by atoms with van der Waals surface area (Å²) in [6.07, 6.45) is 3.89. The van der Waals surface area contributed by atoms with Gasteiger partial charge < -0.3 is 5.32 Å². The highest BCUT2D eigenvalue weighted by Gasteiger charge is 2.08. The van der Waals surface area contributed by atoms with Crippen molar-refractivity contribution in [2.45, 2.75) is 47.1 Å². The molecule has 0 amide bonds. The van der Waals surface area contributed by atoms with Gasteiger partial charge in [0.05, 0.1) is 11.9 Å². The minimum atomic E-state index is -0.0216. The van der Waals surface area contributed by atoms with Crippen molar-refractivity contribution in [3.63, 3.8) is 0 Å². The molecule has 0 saturated carbocycles. The van der Waals surface area contributed by atoms with E-state index in [0.29, 0.717) is 18.4 Å². The molecule has 1 aromatic heterocycles. The summed E-state index contributed by atoms with van der Waals surface area (Å²) in [5, 5.41) is 7.39. The van der Waals surface area contributed by atoms with Crippen LogP contribution in [0.5, 0.6) is 0 Å². The van der Waals surface area contributed by atoms with Crippen LogP contribution in [0.3, 0.4) is 0 Å². The number of aromatic nitrogens is 2. The molecule has 0 fully saturated rings. The van der Waals surface area contributed by atoms with Gasteiger partial charge in [-0.25, -0.2) is 4.68 Å². The normalized spacial score (nSPS) is 12.7. The molecule has 0 aromatic carbocycles. The number of rotatable bonds is 7. The van der Waals surface area contributed by atoms with Crippen molar-refractivity contribution in [1.82, 2.24) is 9.78 Å². The molecule has 1 heterocycles. The van der Waals surface area contributed by atoms with Gasteiger partial charge in [0, 0.05) is 19.2 Å². The standard InChI is InChI=1S/C14H25N3O/c1-5-6-15-13-8-14(18)17(16-9-13)10-12(4)7-11(2)3/h8-9,11-12,15H,5-7,10H2,1-4H3. The maximum atomic E-state index is 11.9. The summed E-state index contributed by atoms with van der Waals surface area (Å²) >= 11 is 0. The molecule has 4 heteroatoms. The van der Waals surface area contributed by atoms with Crippen molar-refractivity contribution in [3.8, 4) is 0 Å². The van der Waals surface area contributed by atoms with Crippen molar-refractivity contribution in [2.75, 3.05) is 11.9 Å². The summed E-state index contributed by atoms with van der Waals surface area (Å²) < 4.78 is 1.56. The van der Waals surface area contributed by atoms with E-state index >= 15 is 0 Å². The van der Waals surface area contributed by atoms with E-state index in [2.05, 4.69) is 38.1 Å². The van der Waals surface area contributed by atoms with Crippen LogP contribution >= 0.6 is 0 Å². The molecule has 0 aliphatic carbocycles. The Labute approximate surface area is 109 Å². The van der Waals surface area contributed by atoms with Crippen LogP contribution in [0.25, 0.3) is 0 Å². The third kappa shape index (κ3) is 4.90. The van der Waals surface area contributed by atoms with Crippen LogP contribution < -0.4 is 10.9 Å². The van der Waals surface area contributed by atoms with Crippen molar-refractivity contribution in [2.24, 2.45) is 11.8 Å². The lowest BCUT2D eigenvalue weighted by molar-refractivity contribution is 0.365. The predicted octanol–water partition coefficient (Wildman–Crippen LogP) is 2.75. The highest BCUT2D eigenvalue weighted by Crippen LogP contribution is 2.12. The van der Waals surface area contributed by atoms with Gasteiger partial charge in [0.2, 0.25) is 0 Å². The van der Waals surface area contributed by atoms with Crippen LogP contribution in [0.2, 0.25) is 0 Å². The van der Waals surface area contributed by atoms with E-state index in [1.165, 1.54) is 0 Å². The van der Waals surface area contributed by atoms with Gasteiger partial charge in [-0.15, -0.1) is 0 Å². The molecule has 0 saturated heterocycles. The molecule has 1 atom stereocenters. The van der Waals surface area contributed by atoms with E-state index in [1.807, 2.05) is 0 Å². The zero-order valence-corrected chi connectivity index (χ0v) is 11.9. The lowest BCUT2D eigenvalue weighted by atomic mass is 9.99. The van der Waals surface area contributed by atoms with Crippen molar-refractivity contribution in [3.05, 3.63) is 22.6 Å². The summed E-state index contributed by atoms with van der Waals surface area (Å²) in [7, 11) is 0.